The van der Waals surface area contributed by atoms with E-state index in [0.29, 0.717) is 43.4 Å². The first-order valence-electron chi connectivity index (χ1n) is 11.4. The van der Waals surface area contributed by atoms with Crippen molar-refractivity contribution in [3.63, 3.8) is 0 Å². The molecule has 0 aliphatic carbocycles. The summed E-state index contributed by atoms with van der Waals surface area (Å²) in [5.74, 6) is -0.252. The molecular weight excluding hydrogens is 426 g/mol. The predicted molar refractivity (Wildman–Crippen MR) is 126 cm³/mol. The summed E-state index contributed by atoms with van der Waals surface area (Å²) in [6.07, 6.45) is 3.71. The number of amides is 1. The van der Waals surface area contributed by atoms with Gasteiger partial charge in [-0.3, -0.25) is 4.79 Å². The minimum Gasteiger partial charge on any atom is -0.494 e. The molecule has 1 atom stereocenters. The molecule has 1 fully saturated rings. The summed E-state index contributed by atoms with van der Waals surface area (Å²) in [5, 5.41) is 3.43. The van der Waals surface area contributed by atoms with Crippen LogP contribution in [0.15, 0.2) is 42.0 Å². The van der Waals surface area contributed by atoms with Crippen LogP contribution in [0.4, 0.5) is 8.78 Å². The summed E-state index contributed by atoms with van der Waals surface area (Å²) in [7, 11) is 0. The number of carbonyl (C=O) groups is 1. The number of rotatable bonds is 10. The maximum absolute atomic E-state index is 14.1. The van der Waals surface area contributed by atoms with Gasteiger partial charge in [0.05, 0.1) is 13.2 Å². The average Bonchev–Trinajstić information content (AvgIpc) is 3.28. The third kappa shape index (κ3) is 7.02. The molecule has 2 aromatic carbocycles. The Balaban J connectivity index is 1.88. The molecule has 5 nitrogen and oxygen atoms in total. The smallest absolute Gasteiger partial charge is 0.254 e. The lowest BCUT2D eigenvalue weighted by Crippen LogP contribution is -2.42. The lowest BCUT2D eigenvalue weighted by atomic mass is 10.1. The summed E-state index contributed by atoms with van der Waals surface area (Å²) < 4.78 is 38.6. The Kier molecular flexibility index (Phi) is 8.83. The predicted octanol–water partition coefficient (Wildman–Crippen LogP) is 5.06. The number of ether oxygens (including phenoxy) is 2. The zero-order chi connectivity index (χ0) is 23.8. The maximum Gasteiger partial charge on any atom is 0.254 e. The van der Waals surface area contributed by atoms with Gasteiger partial charge in [0.25, 0.3) is 5.91 Å². The first-order chi connectivity index (χ1) is 15.9. The second-order valence-electron chi connectivity index (χ2n) is 8.19. The molecule has 2 aromatic rings. The molecule has 7 heteroatoms. The molecule has 0 saturated carbocycles. The van der Waals surface area contributed by atoms with E-state index in [1.54, 1.807) is 29.2 Å². The van der Waals surface area contributed by atoms with Gasteiger partial charge in [0, 0.05) is 42.4 Å². The summed E-state index contributed by atoms with van der Waals surface area (Å²) in [6, 6.07) is 8.91. The van der Waals surface area contributed by atoms with Crippen molar-refractivity contribution in [2.45, 2.75) is 39.7 Å². The molecule has 33 heavy (non-hydrogen) atoms. The van der Waals surface area contributed by atoms with Gasteiger partial charge in [-0.05, 0) is 64.4 Å². The molecule has 0 aromatic heterocycles. The first kappa shape index (κ1) is 24.7. The van der Waals surface area contributed by atoms with Crippen molar-refractivity contribution in [1.29, 1.82) is 0 Å². The summed E-state index contributed by atoms with van der Waals surface area (Å²) in [6.45, 7) is 8.33. The highest BCUT2D eigenvalue weighted by Crippen LogP contribution is 2.25. The van der Waals surface area contributed by atoms with E-state index < -0.39 is 11.6 Å². The molecule has 0 radical (unpaired) electrons. The Morgan fingerprint density at radius 2 is 1.82 bits per heavy atom. The van der Waals surface area contributed by atoms with Crippen molar-refractivity contribution in [3.8, 4) is 11.5 Å². The highest BCUT2D eigenvalue weighted by atomic mass is 19.1. The number of hydrogen-bond donors (Lipinski definition) is 1. The van der Waals surface area contributed by atoms with Gasteiger partial charge in [-0.15, -0.1) is 0 Å². The van der Waals surface area contributed by atoms with Gasteiger partial charge in [-0.2, -0.15) is 0 Å². The van der Waals surface area contributed by atoms with Crippen LogP contribution in [0.5, 0.6) is 11.5 Å². The van der Waals surface area contributed by atoms with E-state index in [4.69, 9.17) is 9.47 Å². The molecule has 1 saturated heterocycles. The molecule has 1 heterocycles. The third-order valence-electron chi connectivity index (χ3n) is 5.44. The fraction of sp³-hybridized carbons (Fsp3) is 0.423. The zero-order valence-electron chi connectivity index (χ0n) is 19.5. The van der Waals surface area contributed by atoms with Gasteiger partial charge >= 0.3 is 0 Å². The van der Waals surface area contributed by atoms with Crippen molar-refractivity contribution in [2.24, 2.45) is 0 Å². The largest absolute Gasteiger partial charge is 0.494 e. The second-order valence-corrected chi connectivity index (χ2v) is 8.19. The molecule has 0 unspecified atom stereocenters. The van der Waals surface area contributed by atoms with Crippen molar-refractivity contribution in [1.82, 2.24) is 10.2 Å². The number of halogens is 2. The number of nitrogens with zero attached hydrogens (tertiary/aromatic N) is 1. The van der Waals surface area contributed by atoms with Crippen LogP contribution in [0.1, 0.15) is 49.5 Å². The number of benzene rings is 2. The van der Waals surface area contributed by atoms with E-state index in [1.807, 2.05) is 20.8 Å². The van der Waals surface area contributed by atoms with Gasteiger partial charge < -0.3 is 19.7 Å². The van der Waals surface area contributed by atoms with Gasteiger partial charge in [0.1, 0.15) is 23.1 Å². The molecule has 0 spiro atoms. The Morgan fingerprint density at radius 3 is 2.39 bits per heavy atom. The molecular formula is C26H32F2N2O3. The van der Waals surface area contributed by atoms with Crippen LogP contribution in [0.25, 0.3) is 6.08 Å². The van der Waals surface area contributed by atoms with Crippen molar-refractivity contribution in [3.05, 3.63) is 64.7 Å². The fourth-order valence-electron chi connectivity index (χ4n) is 4.01. The van der Waals surface area contributed by atoms with E-state index >= 15 is 0 Å². The van der Waals surface area contributed by atoms with Crippen LogP contribution in [-0.2, 0) is 0 Å². The van der Waals surface area contributed by atoms with Crippen LogP contribution >= 0.6 is 0 Å². The minimum absolute atomic E-state index is 0.154. The topological polar surface area (TPSA) is 50.8 Å². The molecule has 0 bridgehead atoms. The van der Waals surface area contributed by atoms with Gasteiger partial charge in [-0.25, -0.2) is 8.78 Å². The minimum atomic E-state index is -0.629. The molecule has 1 aliphatic heterocycles. The van der Waals surface area contributed by atoms with Crippen molar-refractivity contribution in [2.75, 3.05) is 32.8 Å². The Bertz CT molecular complexity index is 963. The zero-order valence-corrected chi connectivity index (χ0v) is 19.5. The standard InChI is InChI=1S/C26H32F2N2O3/c1-4-32-23-12-20(13-24(15-23)33-5-2)26(31)30(17-22-7-6-10-29-22)16-18(3)11-19-8-9-21(27)14-25(19)28/h8-9,11-15,22,29H,4-7,10,16-17H2,1-3H3/t22-/m1/s1. The van der Waals surface area contributed by atoms with Crippen LogP contribution in [-0.4, -0.2) is 49.7 Å². The van der Waals surface area contributed by atoms with Crippen molar-refractivity contribution >= 4 is 12.0 Å². The molecule has 1 N–H and O–H groups in total. The molecule has 1 aliphatic rings. The maximum atomic E-state index is 14.1. The lowest BCUT2D eigenvalue weighted by Gasteiger charge is -2.27. The number of hydrogen-bond acceptors (Lipinski definition) is 4. The summed E-state index contributed by atoms with van der Waals surface area (Å²) >= 11 is 0. The Morgan fingerprint density at radius 1 is 1.12 bits per heavy atom. The van der Waals surface area contributed by atoms with Crippen LogP contribution < -0.4 is 14.8 Å². The lowest BCUT2D eigenvalue weighted by molar-refractivity contribution is 0.0756. The Labute approximate surface area is 194 Å². The van der Waals surface area contributed by atoms with Crippen LogP contribution in [0.2, 0.25) is 0 Å². The normalized spacial score (nSPS) is 16.0. The first-order valence-corrected chi connectivity index (χ1v) is 11.4. The molecule has 1 amide bonds. The SMILES string of the molecule is CCOc1cc(OCC)cc(C(=O)N(CC(C)=Cc2ccc(F)cc2F)C[C@H]2CCCN2)c1. The van der Waals surface area contributed by atoms with Gasteiger partial charge in [0.2, 0.25) is 0 Å². The van der Waals surface area contributed by atoms with Crippen molar-refractivity contribution < 1.29 is 23.0 Å². The van der Waals surface area contributed by atoms with Gasteiger partial charge in [-0.1, -0.05) is 11.6 Å². The highest BCUT2D eigenvalue weighted by Gasteiger charge is 2.24. The molecule has 178 valence electrons. The molecule has 3 rings (SSSR count). The van der Waals surface area contributed by atoms with Gasteiger partial charge in [0.15, 0.2) is 0 Å². The quantitative estimate of drug-likeness (QED) is 0.541. The van der Waals surface area contributed by atoms with Crippen LogP contribution in [0.3, 0.4) is 0 Å². The van der Waals surface area contributed by atoms with E-state index in [2.05, 4.69) is 5.32 Å². The third-order valence-corrected chi connectivity index (χ3v) is 5.44. The van der Waals surface area contributed by atoms with Crippen LogP contribution in [0, 0.1) is 11.6 Å². The monoisotopic (exact) mass is 458 g/mol. The number of carbonyl (C=O) groups excluding carboxylic acids is 1. The van der Waals surface area contributed by atoms with E-state index in [1.165, 1.54) is 12.1 Å². The second kappa shape index (κ2) is 11.8. The van der Waals surface area contributed by atoms with E-state index in [9.17, 15) is 13.6 Å². The summed E-state index contributed by atoms with van der Waals surface area (Å²) in [4.78, 5) is 15.3. The van der Waals surface area contributed by atoms with E-state index in [-0.39, 0.29) is 17.5 Å². The Hall–Kier alpha value is -2.93. The van der Waals surface area contributed by atoms with E-state index in [0.717, 1.165) is 31.0 Å². The number of nitrogens with one attached hydrogen (secondary N) is 1. The summed E-state index contributed by atoms with van der Waals surface area (Å²) in [5.41, 5.74) is 1.55. The average molecular weight is 459 g/mol. The highest BCUT2D eigenvalue weighted by molar-refractivity contribution is 5.95. The fourth-order valence-corrected chi connectivity index (χ4v) is 4.01.